The number of sulfonamides is 1. The topological polar surface area (TPSA) is 105 Å². The lowest BCUT2D eigenvalue weighted by molar-refractivity contribution is -0.140. The molecule has 0 heterocycles. The number of amides is 2. The summed E-state index contributed by atoms with van der Waals surface area (Å²) in [5.74, 6) is 0.0437. The Morgan fingerprint density at radius 1 is 0.951 bits per heavy atom. The first-order chi connectivity index (χ1) is 19.3. The molecule has 0 saturated heterocycles. The fourth-order valence-electron chi connectivity index (χ4n) is 4.04. The number of carbonyl (C=O) groups is 2. The normalized spacial score (nSPS) is 12.3. The summed E-state index contributed by atoms with van der Waals surface area (Å²) in [6.45, 7) is 6.62. The number of methoxy groups -OCH3 is 2. The van der Waals surface area contributed by atoms with Gasteiger partial charge in [0.1, 0.15) is 24.1 Å². The van der Waals surface area contributed by atoms with E-state index in [1.807, 2.05) is 20.8 Å². The molecular weight excluding hydrogens is 566 g/mol. The third-order valence-electron chi connectivity index (χ3n) is 6.21. The lowest BCUT2D eigenvalue weighted by Gasteiger charge is -2.33. The SMILES string of the molecule is COc1ccc(CN(C(=O)CN(c2ccc(OC)c(Cl)c2)S(=O)(=O)c2ccccc2)[C@@H](C)C(=O)NC(C)(C)C)cc1. The van der Waals surface area contributed by atoms with Gasteiger partial charge in [-0.1, -0.05) is 41.9 Å². The van der Waals surface area contributed by atoms with E-state index in [0.717, 1.165) is 9.87 Å². The number of benzene rings is 3. The highest BCUT2D eigenvalue weighted by molar-refractivity contribution is 7.92. The van der Waals surface area contributed by atoms with Crippen LogP contribution in [0.15, 0.2) is 77.7 Å². The van der Waals surface area contributed by atoms with Crippen molar-refractivity contribution < 1.29 is 27.5 Å². The maximum atomic E-state index is 14.0. The van der Waals surface area contributed by atoms with E-state index in [1.165, 1.54) is 42.3 Å². The number of carbonyl (C=O) groups excluding carboxylic acids is 2. The van der Waals surface area contributed by atoms with Crippen molar-refractivity contribution in [1.29, 1.82) is 0 Å². The number of rotatable bonds is 11. The molecule has 0 unspecified atom stereocenters. The molecule has 0 saturated carbocycles. The van der Waals surface area contributed by atoms with Crippen molar-refractivity contribution in [1.82, 2.24) is 10.2 Å². The minimum Gasteiger partial charge on any atom is -0.497 e. The number of nitrogens with zero attached hydrogens (tertiary/aromatic N) is 2. The lowest BCUT2D eigenvalue weighted by Crippen LogP contribution is -2.54. The Morgan fingerprint density at radius 2 is 1.59 bits per heavy atom. The molecule has 41 heavy (non-hydrogen) atoms. The second kappa shape index (κ2) is 13.3. The van der Waals surface area contributed by atoms with Gasteiger partial charge in [0.15, 0.2) is 0 Å². The highest BCUT2D eigenvalue weighted by atomic mass is 35.5. The Labute approximate surface area is 247 Å². The number of hydrogen-bond acceptors (Lipinski definition) is 6. The first-order valence-corrected chi connectivity index (χ1v) is 14.7. The zero-order valence-corrected chi connectivity index (χ0v) is 25.6. The molecule has 11 heteroatoms. The van der Waals surface area contributed by atoms with E-state index >= 15 is 0 Å². The fourth-order valence-corrected chi connectivity index (χ4v) is 5.72. The van der Waals surface area contributed by atoms with Gasteiger partial charge in [0.25, 0.3) is 10.0 Å². The van der Waals surface area contributed by atoms with E-state index in [9.17, 15) is 18.0 Å². The number of hydrogen-bond donors (Lipinski definition) is 1. The van der Waals surface area contributed by atoms with Crippen molar-refractivity contribution in [2.24, 2.45) is 0 Å². The molecule has 2 amide bonds. The van der Waals surface area contributed by atoms with Gasteiger partial charge in [0.2, 0.25) is 11.8 Å². The van der Waals surface area contributed by atoms with Gasteiger partial charge in [-0.05, 0) is 75.7 Å². The average molecular weight is 602 g/mol. The number of halogens is 1. The zero-order valence-electron chi connectivity index (χ0n) is 24.0. The van der Waals surface area contributed by atoms with Gasteiger partial charge in [0, 0.05) is 12.1 Å². The molecule has 0 aromatic heterocycles. The maximum Gasteiger partial charge on any atom is 0.264 e. The van der Waals surface area contributed by atoms with Gasteiger partial charge < -0.3 is 19.7 Å². The summed E-state index contributed by atoms with van der Waals surface area (Å²) >= 11 is 6.35. The van der Waals surface area contributed by atoms with Gasteiger partial charge in [-0.2, -0.15) is 0 Å². The van der Waals surface area contributed by atoms with Crippen LogP contribution in [-0.4, -0.2) is 57.5 Å². The molecule has 0 aliphatic heterocycles. The van der Waals surface area contributed by atoms with Gasteiger partial charge in [-0.15, -0.1) is 0 Å². The van der Waals surface area contributed by atoms with Crippen LogP contribution in [-0.2, 0) is 26.2 Å². The molecule has 0 bridgehead atoms. The van der Waals surface area contributed by atoms with E-state index in [-0.39, 0.29) is 28.1 Å². The first-order valence-electron chi connectivity index (χ1n) is 12.9. The third kappa shape index (κ3) is 8.14. The summed E-state index contributed by atoms with van der Waals surface area (Å²) in [7, 11) is -1.21. The Hall–Kier alpha value is -3.76. The summed E-state index contributed by atoms with van der Waals surface area (Å²) < 4.78 is 39.2. The molecule has 3 rings (SSSR count). The van der Waals surface area contributed by atoms with Crippen molar-refractivity contribution in [3.63, 3.8) is 0 Å². The quantitative estimate of drug-likeness (QED) is 0.336. The van der Waals surface area contributed by atoms with Crippen LogP contribution in [0.1, 0.15) is 33.3 Å². The minimum absolute atomic E-state index is 0.0000287. The molecule has 0 radical (unpaired) electrons. The first kappa shape index (κ1) is 31.8. The van der Waals surface area contributed by atoms with Gasteiger partial charge in [-0.3, -0.25) is 13.9 Å². The summed E-state index contributed by atoms with van der Waals surface area (Å²) in [6, 6.07) is 18.4. The largest absolute Gasteiger partial charge is 0.497 e. The van der Waals surface area contributed by atoms with E-state index in [4.69, 9.17) is 21.1 Å². The molecule has 0 aliphatic carbocycles. The highest BCUT2D eigenvalue weighted by Gasteiger charge is 2.33. The van der Waals surface area contributed by atoms with E-state index in [1.54, 1.807) is 56.5 Å². The van der Waals surface area contributed by atoms with Crippen LogP contribution in [0.5, 0.6) is 11.5 Å². The summed E-state index contributed by atoms with van der Waals surface area (Å²) in [4.78, 5) is 28.6. The third-order valence-corrected chi connectivity index (χ3v) is 8.29. The van der Waals surface area contributed by atoms with Gasteiger partial charge in [-0.25, -0.2) is 8.42 Å². The predicted molar refractivity (Wildman–Crippen MR) is 160 cm³/mol. The van der Waals surface area contributed by atoms with Gasteiger partial charge in [0.05, 0.1) is 29.8 Å². The molecular formula is C30H36ClN3O6S. The molecule has 3 aromatic carbocycles. The summed E-state index contributed by atoms with van der Waals surface area (Å²) in [6.07, 6.45) is 0. The van der Waals surface area contributed by atoms with Crippen LogP contribution in [0.25, 0.3) is 0 Å². The van der Waals surface area contributed by atoms with Crippen molar-refractivity contribution in [3.8, 4) is 11.5 Å². The molecule has 1 N–H and O–H groups in total. The highest BCUT2D eigenvalue weighted by Crippen LogP contribution is 2.32. The Balaban J connectivity index is 2.05. The molecule has 0 fully saturated rings. The van der Waals surface area contributed by atoms with Crippen LogP contribution in [0, 0.1) is 0 Å². The molecule has 1 atom stereocenters. The van der Waals surface area contributed by atoms with Crippen molar-refractivity contribution in [2.75, 3.05) is 25.1 Å². The smallest absolute Gasteiger partial charge is 0.264 e. The van der Waals surface area contributed by atoms with Crippen molar-refractivity contribution >= 4 is 39.1 Å². The predicted octanol–water partition coefficient (Wildman–Crippen LogP) is 4.88. The van der Waals surface area contributed by atoms with Crippen LogP contribution in [0.3, 0.4) is 0 Å². The van der Waals surface area contributed by atoms with Crippen LogP contribution < -0.4 is 19.1 Å². The fraction of sp³-hybridized carbons (Fsp3) is 0.333. The maximum absolute atomic E-state index is 14.0. The monoisotopic (exact) mass is 601 g/mol. The van der Waals surface area contributed by atoms with E-state index < -0.39 is 34.1 Å². The van der Waals surface area contributed by atoms with E-state index in [2.05, 4.69) is 5.32 Å². The lowest BCUT2D eigenvalue weighted by atomic mass is 10.1. The average Bonchev–Trinajstić information content (AvgIpc) is 2.93. The van der Waals surface area contributed by atoms with Crippen LogP contribution in [0.2, 0.25) is 5.02 Å². The Bertz CT molecular complexity index is 1460. The van der Waals surface area contributed by atoms with Crippen LogP contribution in [0.4, 0.5) is 5.69 Å². The molecule has 0 aliphatic rings. The Kier molecular flexibility index (Phi) is 10.3. The molecule has 3 aromatic rings. The molecule has 220 valence electrons. The van der Waals surface area contributed by atoms with Crippen molar-refractivity contribution in [3.05, 3.63) is 83.4 Å². The zero-order chi connectivity index (χ0) is 30.4. The minimum atomic E-state index is -4.21. The van der Waals surface area contributed by atoms with Crippen molar-refractivity contribution in [2.45, 2.75) is 50.7 Å². The van der Waals surface area contributed by atoms with E-state index in [0.29, 0.717) is 11.5 Å². The second-order valence-corrected chi connectivity index (χ2v) is 12.7. The number of ether oxygens (including phenoxy) is 2. The molecule has 9 nitrogen and oxygen atoms in total. The van der Waals surface area contributed by atoms with Gasteiger partial charge >= 0.3 is 0 Å². The second-order valence-electron chi connectivity index (χ2n) is 10.4. The number of anilines is 1. The number of nitrogens with one attached hydrogen (secondary N) is 1. The Morgan fingerprint density at radius 3 is 2.12 bits per heavy atom. The summed E-state index contributed by atoms with van der Waals surface area (Å²) in [5, 5.41) is 3.08. The van der Waals surface area contributed by atoms with Crippen LogP contribution >= 0.6 is 11.6 Å². The standard InChI is InChI=1S/C30H36ClN3O6S/c1-21(29(36)32-30(2,3)4)33(19-22-12-15-24(39-5)16-13-22)28(35)20-34(23-14-17-27(40-6)26(31)18-23)41(37,38)25-10-8-7-9-11-25/h7-18,21H,19-20H2,1-6H3,(H,32,36)/t21-/m0/s1. The summed E-state index contributed by atoms with van der Waals surface area (Å²) in [5.41, 5.74) is 0.367. The molecule has 0 spiro atoms.